The highest BCUT2D eigenvalue weighted by molar-refractivity contribution is 5.73. The van der Waals surface area contributed by atoms with Gasteiger partial charge in [0, 0.05) is 13.6 Å². The highest BCUT2D eigenvalue weighted by Crippen LogP contribution is 2.09. The van der Waals surface area contributed by atoms with Crippen molar-refractivity contribution in [3.63, 3.8) is 0 Å². The number of nitrogens with zero attached hydrogens (tertiary/aromatic N) is 2. The van der Waals surface area contributed by atoms with E-state index in [4.69, 9.17) is 15.4 Å². The number of ether oxygens (including phenoxy) is 1. The number of aliphatic carboxylic acids is 1. The maximum absolute atomic E-state index is 11.3. The Labute approximate surface area is 119 Å². The molecule has 116 valence electrons. The number of amides is 1. The van der Waals surface area contributed by atoms with Gasteiger partial charge < -0.3 is 15.2 Å². The van der Waals surface area contributed by atoms with Crippen LogP contribution in [0, 0.1) is 5.53 Å². The molecule has 0 fully saturated rings. The van der Waals surface area contributed by atoms with Gasteiger partial charge in [0.15, 0.2) is 0 Å². The molecule has 0 aromatic rings. The maximum atomic E-state index is 11.3. The van der Waals surface area contributed by atoms with Crippen LogP contribution in [0.1, 0.15) is 40.0 Å². The standard InChI is InChI=1S/C12H24N4O4/c1-12(2,3)20-11(19)14-8-6-5-7-9(10(17)18)16(4)15-13/h9,13H,5-8H2,1-4H3,(H,14,19)(H,17,18)/t9-/m0/s1. The first-order chi connectivity index (χ1) is 9.17. The van der Waals surface area contributed by atoms with Crippen molar-refractivity contribution < 1.29 is 19.4 Å². The minimum absolute atomic E-state index is 0.365. The molecule has 3 N–H and O–H groups in total. The molecular formula is C12H24N4O4. The molecule has 0 rings (SSSR count). The van der Waals surface area contributed by atoms with Crippen LogP contribution in [0.15, 0.2) is 5.22 Å². The zero-order valence-corrected chi connectivity index (χ0v) is 12.5. The van der Waals surface area contributed by atoms with E-state index in [9.17, 15) is 9.59 Å². The average molecular weight is 288 g/mol. The number of hydrogen-bond donors (Lipinski definition) is 3. The van der Waals surface area contributed by atoms with E-state index in [1.54, 1.807) is 20.8 Å². The second-order valence-corrected chi connectivity index (χ2v) is 5.45. The highest BCUT2D eigenvalue weighted by Gasteiger charge is 2.21. The van der Waals surface area contributed by atoms with Crippen molar-refractivity contribution in [1.82, 2.24) is 10.3 Å². The maximum Gasteiger partial charge on any atom is 0.407 e. The molecule has 0 bridgehead atoms. The summed E-state index contributed by atoms with van der Waals surface area (Å²) in [5, 5.41) is 15.8. The van der Waals surface area contributed by atoms with Gasteiger partial charge in [0.1, 0.15) is 11.6 Å². The van der Waals surface area contributed by atoms with Crippen LogP contribution in [-0.4, -0.2) is 47.4 Å². The predicted molar refractivity (Wildman–Crippen MR) is 72.4 cm³/mol. The third-order valence-electron chi connectivity index (χ3n) is 2.47. The third-order valence-corrected chi connectivity index (χ3v) is 2.47. The topological polar surface area (TPSA) is 115 Å². The van der Waals surface area contributed by atoms with E-state index in [0.29, 0.717) is 25.8 Å². The number of carbonyl (C=O) groups excluding carboxylic acids is 1. The Morgan fingerprint density at radius 2 is 2.00 bits per heavy atom. The summed E-state index contributed by atoms with van der Waals surface area (Å²) in [4.78, 5) is 22.3. The van der Waals surface area contributed by atoms with Crippen molar-refractivity contribution in [1.29, 1.82) is 5.53 Å². The van der Waals surface area contributed by atoms with E-state index in [2.05, 4.69) is 10.5 Å². The lowest BCUT2D eigenvalue weighted by Crippen LogP contribution is -2.35. The smallest absolute Gasteiger partial charge is 0.407 e. The lowest BCUT2D eigenvalue weighted by Gasteiger charge is -2.20. The Balaban J connectivity index is 3.88. The Bertz CT molecular complexity index is 341. The van der Waals surface area contributed by atoms with Crippen LogP contribution in [-0.2, 0) is 9.53 Å². The number of carboxylic acid groups (broad SMARTS) is 1. The second-order valence-electron chi connectivity index (χ2n) is 5.45. The number of alkyl carbamates (subject to hydrolysis) is 1. The molecule has 0 aromatic carbocycles. The molecule has 0 aliphatic heterocycles. The molecule has 0 aromatic heterocycles. The molecule has 8 heteroatoms. The molecule has 20 heavy (non-hydrogen) atoms. The number of unbranched alkanes of at least 4 members (excludes halogenated alkanes) is 1. The minimum atomic E-state index is -1.01. The van der Waals surface area contributed by atoms with Gasteiger partial charge >= 0.3 is 12.1 Å². The molecule has 0 saturated heterocycles. The lowest BCUT2D eigenvalue weighted by molar-refractivity contribution is -0.143. The second kappa shape index (κ2) is 8.34. The van der Waals surface area contributed by atoms with E-state index in [1.807, 2.05) is 0 Å². The predicted octanol–water partition coefficient (Wildman–Crippen LogP) is 2.01. The van der Waals surface area contributed by atoms with Crippen molar-refractivity contribution in [3.05, 3.63) is 0 Å². The fourth-order valence-electron chi connectivity index (χ4n) is 1.51. The average Bonchev–Trinajstić information content (AvgIpc) is 2.30. The van der Waals surface area contributed by atoms with E-state index < -0.39 is 23.7 Å². The Morgan fingerprint density at radius 1 is 1.40 bits per heavy atom. The molecule has 0 spiro atoms. The van der Waals surface area contributed by atoms with Crippen LogP contribution in [0.4, 0.5) is 4.79 Å². The molecule has 1 amide bonds. The number of likely N-dealkylation sites (N-methyl/N-ethyl adjacent to an activating group) is 1. The summed E-state index contributed by atoms with van der Waals surface area (Å²) in [6.45, 7) is 5.77. The van der Waals surface area contributed by atoms with Gasteiger partial charge in [-0.1, -0.05) is 5.22 Å². The van der Waals surface area contributed by atoms with Crippen molar-refractivity contribution in [3.8, 4) is 0 Å². The Hall–Kier alpha value is -1.86. The molecule has 1 atom stereocenters. The largest absolute Gasteiger partial charge is 0.480 e. The monoisotopic (exact) mass is 288 g/mol. The molecule has 0 aliphatic rings. The quantitative estimate of drug-likeness (QED) is 0.359. The normalized spacial score (nSPS) is 12.4. The number of nitrogens with one attached hydrogen (secondary N) is 2. The fourth-order valence-corrected chi connectivity index (χ4v) is 1.51. The summed E-state index contributed by atoms with van der Waals surface area (Å²) in [5.74, 6) is -1.01. The first-order valence-corrected chi connectivity index (χ1v) is 6.47. The Morgan fingerprint density at radius 3 is 2.45 bits per heavy atom. The van der Waals surface area contributed by atoms with Crippen molar-refractivity contribution in [2.75, 3.05) is 13.6 Å². The van der Waals surface area contributed by atoms with Crippen LogP contribution in [0.3, 0.4) is 0 Å². The summed E-state index contributed by atoms with van der Waals surface area (Å²) < 4.78 is 5.07. The molecular weight excluding hydrogens is 264 g/mol. The summed E-state index contributed by atoms with van der Waals surface area (Å²) in [5.41, 5.74) is 6.27. The van der Waals surface area contributed by atoms with E-state index in [1.165, 1.54) is 7.05 Å². The summed E-state index contributed by atoms with van der Waals surface area (Å²) in [6.07, 6.45) is 1.12. The molecule has 0 radical (unpaired) electrons. The highest BCUT2D eigenvalue weighted by atomic mass is 16.6. The van der Waals surface area contributed by atoms with Crippen LogP contribution >= 0.6 is 0 Å². The first-order valence-electron chi connectivity index (χ1n) is 6.47. The fraction of sp³-hybridized carbons (Fsp3) is 0.833. The zero-order chi connectivity index (χ0) is 15.8. The number of carbonyl (C=O) groups is 2. The molecule has 0 saturated carbocycles. The van der Waals surface area contributed by atoms with Gasteiger partial charge in [-0.3, -0.25) is 5.01 Å². The molecule has 8 nitrogen and oxygen atoms in total. The number of rotatable bonds is 8. The van der Waals surface area contributed by atoms with Gasteiger partial charge in [0.05, 0.1) is 0 Å². The van der Waals surface area contributed by atoms with Crippen molar-refractivity contribution in [2.45, 2.75) is 51.7 Å². The van der Waals surface area contributed by atoms with Gasteiger partial charge in [-0.2, -0.15) is 5.53 Å². The van der Waals surface area contributed by atoms with Crippen LogP contribution in [0.25, 0.3) is 0 Å². The van der Waals surface area contributed by atoms with Gasteiger partial charge in [-0.25, -0.2) is 9.59 Å². The lowest BCUT2D eigenvalue weighted by atomic mass is 10.1. The number of carboxylic acids is 1. The Kier molecular flexibility index (Phi) is 7.56. The summed E-state index contributed by atoms with van der Waals surface area (Å²) in [6, 6.07) is -0.811. The summed E-state index contributed by atoms with van der Waals surface area (Å²) in [7, 11) is 1.45. The first kappa shape index (κ1) is 18.1. The van der Waals surface area contributed by atoms with E-state index in [0.717, 1.165) is 5.01 Å². The van der Waals surface area contributed by atoms with E-state index in [-0.39, 0.29) is 0 Å². The molecule has 0 aliphatic carbocycles. The van der Waals surface area contributed by atoms with Gasteiger partial charge in [-0.05, 0) is 40.0 Å². The molecule has 0 unspecified atom stereocenters. The van der Waals surface area contributed by atoms with E-state index >= 15 is 0 Å². The van der Waals surface area contributed by atoms with Crippen molar-refractivity contribution >= 4 is 12.1 Å². The summed E-state index contributed by atoms with van der Waals surface area (Å²) >= 11 is 0. The van der Waals surface area contributed by atoms with Crippen LogP contribution in [0.2, 0.25) is 0 Å². The number of hydrogen-bond acceptors (Lipinski definition) is 5. The third kappa shape index (κ3) is 8.28. The van der Waals surface area contributed by atoms with Crippen molar-refractivity contribution in [2.24, 2.45) is 5.22 Å². The van der Waals surface area contributed by atoms with Crippen LogP contribution in [0.5, 0.6) is 0 Å². The van der Waals surface area contributed by atoms with Gasteiger partial charge in [-0.15, -0.1) is 0 Å². The van der Waals surface area contributed by atoms with Crippen LogP contribution < -0.4 is 5.32 Å². The molecule has 0 heterocycles. The minimum Gasteiger partial charge on any atom is -0.480 e. The SMILES string of the molecule is CN(N=N)[C@@H](CCCCNC(=O)OC(C)(C)C)C(=O)O. The van der Waals surface area contributed by atoms with Gasteiger partial charge in [0.25, 0.3) is 0 Å². The van der Waals surface area contributed by atoms with Gasteiger partial charge in [0.2, 0.25) is 0 Å². The zero-order valence-electron chi connectivity index (χ0n) is 12.5.